The van der Waals surface area contributed by atoms with Gasteiger partial charge in [-0.15, -0.1) is 11.3 Å². The summed E-state index contributed by atoms with van der Waals surface area (Å²) in [4.78, 5) is 33.2. The molecule has 1 aromatic carbocycles. The van der Waals surface area contributed by atoms with Gasteiger partial charge in [0, 0.05) is 44.3 Å². The van der Waals surface area contributed by atoms with Crippen molar-refractivity contribution >= 4 is 40.2 Å². The van der Waals surface area contributed by atoms with Crippen molar-refractivity contribution in [1.29, 1.82) is 0 Å². The number of amides is 1. The van der Waals surface area contributed by atoms with E-state index in [0.29, 0.717) is 17.1 Å². The van der Waals surface area contributed by atoms with Crippen LogP contribution in [0.2, 0.25) is 0 Å². The Morgan fingerprint density at radius 3 is 2.45 bits per heavy atom. The van der Waals surface area contributed by atoms with Crippen molar-refractivity contribution in [3.8, 4) is 10.6 Å². The molecule has 0 N–H and O–H groups in total. The molecule has 8 heteroatoms. The molecule has 0 bridgehead atoms. The molecule has 0 aliphatic rings. The van der Waals surface area contributed by atoms with E-state index in [9.17, 15) is 9.59 Å². The van der Waals surface area contributed by atoms with Gasteiger partial charge in [-0.25, -0.2) is 9.78 Å². The van der Waals surface area contributed by atoms with Crippen LogP contribution in [0.3, 0.4) is 0 Å². The fraction of sp³-hybridized carbons (Fsp3) is 0.286. The van der Waals surface area contributed by atoms with Crippen LogP contribution in [0.5, 0.6) is 0 Å². The lowest BCUT2D eigenvalue weighted by molar-refractivity contribution is -0.133. The smallest absolute Gasteiger partial charge is 0.350 e. The van der Waals surface area contributed by atoms with E-state index in [1.54, 1.807) is 30.2 Å². The van der Waals surface area contributed by atoms with Crippen molar-refractivity contribution in [3.05, 3.63) is 57.2 Å². The van der Waals surface area contributed by atoms with Crippen LogP contribution >= 0.6 is 22.7 Å². The Morgan fingerprint density at radius 2 is 1.83 bits per heavy atom. The normalized spacial score (nSPS) is 10.6. The van der Waals surface area contributed by atoms with Gasteiger partial charge >= 0.3 is 5.97 Å². The standard InChI is InChI=1S/C21H23N3O3S2/c1-14-19(29-20(22-14)16-9-10-28-13-16)21(26)27-12-18(25)24(4)11-15-5-7-17(8-6-15)23(2)3/h5-10,13H,11-12H2,1-4H3. The summed E-state index contributed by atoms with van der Waals surface area (Å²) >= 11 is 2.86. The number of ether oxygens (including phenoxy) is 1. The Kier molecular flexibility index (Phi) is 6.66. The van der Waals surface area contributed by atoms with E-state index in [0.717, 1.165) is 21.8 Å². The van der Waals surface area contributed by atoms with Crippen LogP contribution in [-0.4, -0.2) is 49.5 Å². The molecule has 0 aliphatic heterocycles. The number of carbonyl (C=O) groups is 2. The van der Waals surface area contributed by atoms with E-state index in [4.69, 9.17) is 4.74 Å². The molecule has 6 nitrogen and oxygen atoms in total. The summed E-state index contributed by atoms with van der Waals surface area (Å²) in [6.07, 6.45) is 0. The van der Waals surface area contributed by atoms with E-state index in [1.807, 2.05) is 60.1 Å². The van der Waals surface area contributed by atoms with Gasteiger partial charge < -0.3 is 14.5 Å². The Labute approximate surface area is 178 Å². The molecular formula is C21H23N3O3S2. The van der Waals surface area contributed by atoms with Crippen molar-refractivity contribution in [1.82, 2.24) is 9.88 Å². The van der Waals surface area contributed by atoms with Crippen LogP contribution in [0, 0.1) is 6.92 Å². The van der Waals surface area contributed by atoms with Gasteiger partial charge in [-0.3, -0.25) is 4.79 Å². The second kappa shape index (κ2) is 9.19. The number of thiazole rings is 1. The van der Waals surface area contributed by atoms with Crippen LogP contribution in [0.1, 0.15) is 20.9 Å². The monoisotopic (exact) mass is 429 g/mol. The Bertz CT molecular complexity index is 979. The topological polar surface area (TPSA) is 62.7 Å². The van der Waals surface area contributed by atoms with Gasteiger partial charge in [0.15, 0.2) is 6.61 Å². The SMILES string of the molecule is Cc1nc(-c2ccsc2)sc1C(=O)OCC(=O)N(C)Cc1ccc(N(C)C)cc1. The summed E-state index contributed by atoms with van der Waals surface area (Å²) in [7, 11) is 5.66. The predicted molar refractivity (Wildman–Crippen MR) is 118 cm³/mol. The summed E-state index contributed by atoms with van der Waals surface area (Å²) in [6, 6.07) is 9.94. The lowest BCUT2D eigenvalue weighted by atomic mass is 10.2. The van der Waals surface area contributed by atoms with E-state index >= 15 is 0 Å². The number of rotatable bonds is 7. The first kappa shape index (κ1) is 21.0. The molecule has 0 spiro atoms. The summed E-state index contributed by atoms with van der Waals surface area (Å²) in [5.74, 6) is -0.770. The number of likely N-dealkylation sites (N-methyl/N-ethyl adjacent to an activating group) is 1. The van der Waals surface area contributed by atoms with E-state index in [1.165, 1.54) is 11.3 Å². The number of anilines is 1. The number of carbonyl (C=O) groups excluding carboxylic acids is 2. The Hall–Kier alpha value is -2.71. The number of benzene rings is 1. The van der Waals surface area contributed by atoms with Gasteiger partial charge in [0.25, 0.3) is 5.91 Å². The average molecular weight is 430 g/mol. The van der Waals surface area contributed by atoms with Crippen LogP contribution in [0.4, 0.5) is 5.69 Å². The number of hydrogen-bond donors (Lipinski definition) is 0. The number of aryl methyl sites for hydroxylation is 1. The van der Waals surface area contributed by atoms with Crippen LogP contribution in [-0.2, 0) is 16.1 Å². The van der Waals surface area contributed by atoms with Gasteiger partial charge in [0.05, 0.1) is 5.69 Å². The molecule has 0 aliphatic carbocycles. The molecule has 3 rings (SSSR count). The minimum absolute atomic E-state index is 0.254. The number of hydrogen-bond acceptors (Lipinski definition) is 7. The number of aromatic nitrogens is 1. The maximum atomic E-state index is 12.4. The van der Waals surface area contributed by atoms with Crippen molar-refractivity contribution in [2.75, 3.05) is 32.6 Å². The molecule has 152 valence electrons. The van der Waals surface area contributed by atoms with Crippen LogP contribution in [0.15, 0.2) is 41.1 Å². The van der Waals surface area contributed by atoms with Crippen LogP contribution < -0.4 is 4.90 Å². The van der Waals surface area contributed by atoms with Crippen molar-refractivity contribution in [2.24, 2.45) is 0 Å². The molecule has 0 fully saturated rings. The molecule has 0 unspecified atom stereocenters. The second-order valence-corrected chi connectivity index (χ2v) is 8.61. The average Bonchev–Trinajstić information content (AvgIpc) is 3.35. The first-order chi connectivity index (χ1) is 13.8. The van der Waals surface area contributed by atoms with Gasteiger partial charge in [-0.05, 0) is 36.1 Å². The van der Waals surface area contributed by atoms with E-state index < -0.39 is 5.97 Å². The molecular weight excluding hydrogens is 406 g/mol. The van der Waals surface area contributed by atoms with Crippen molar-refractivity contribution < 1.29 is 14.3 Å². The fourth-order valence-electron chi connectivity index (χ4n) is 2.66. The minimum atomic E-state index is -0.515. The predicted octanol–water partition coefficient (Wildman–Crippen LogP) is 4.06. The third kappa shape index (κ3) is 5.21. The summed E-state index contributed by atoms with van der Waals surface area (Å²) < 4.78 is 5.25. The molecule has 29 heavy (non-hydrogen) atoms. The minimum Gasteiger partial charge on any atom is -0.451 e. The van der Waals surface area contributed by atoms with Gasteiger partial charge in [0.2, 0.25) is 0 Å². The van der Waals surface area contributed by atoms with Gasteiger partial charge in [-0.1, -0.05) is 12.1 Å². The highest BCUT2D eigenvalue weighted by Gasteiger charge is 2.20. The zero-order valence-corrected chi connectivity index (χ0v) is 18.5. The number of nitrogens with zero attached hydrogens (tertiary/aromatic N) is 3. The molecule has 1 amide bonds. The highest BCUT2D eigenvalue weighted by atomic mass is 32.1. The summed E-state index contributed by atoms with van der Waals surface area (Å²) in [6.45, 7) is 1.93. The van der Waals surface area contributed by atoms with Crippen molar-refractivity contribution in [3.63, 3.8) is 0 Å². The van der Waals surface area contributed by atoms with E-state index in [2.05, 4.69) is 4.98 Å². The largest absolute Gasteiger partial charge is 0.451 e. The first-order valence-corrected chi connectivity index (χ1v) is 10.8. The zero-order valence-electron chi connectivity index (χ0n) is 16.8. The number of thiophene rings is 1. The fourth-order valence-corrected chi connectivity index (χ4v) is 4.33. The third-order valence-electron chi connectivity index (χ3n) is 4.38. The molecule has 0 atom stereocenters. The Balaban J connectivity index is 1.55. The molecule has 0 saturated heterocycles. The lowest BCUT2D eigenvalue weighted by Gasteiger charge is -2.18. The molecule has 3 aromatic rings. The highest BCUT2D eigenvalue weighted by Crippen LogP contribution is 2.29. The summed E-state index contributed by atoms with van der Waals surface area (Å²) in [5, 5.41) is 4.73. The number of esters is 1. The quantitative estimate of drug-likeness (QED) is 0.530. The first-order valence-electron chi connectivity index (χ1n) is 9.02. The Morgan fingerprint density at radius 1 is 1.10 bits per heavy atom. The maximum absolute atomic E-state index is 12.4. The molecule has 0 saturated carbocycles. The molecule has 0 radical (unpaired) electrons. The van der Waals surface area contributed by atoms with Crippen LogP contribution in [0.25, 0.3) is 10.6 Å². The third-order valence-corrected chi connectivity index (χ3v) is 6.24. The highest BCUT2D eigenvalue weighted by molar-refractivity contribution is 7.17. The van der Waals surface area contributed by atoms with Gasteiger partial charge in [0.1, 0.15) is 9.88 Å². The van der Waals surface area contributed by atoms with E-state index in [-0.39, 0.29) is 12.5 Å². The summed E-state index contributed by atoms with van der Waals surface area (Å²) in [5.41, 5.74) is 3.70. The van der Waals surface area contributed by atoms with Gasteiger partial charge in [-0.2, -0.15) is 11.3 Å². The maximum Gasteiger partial charge on any atom is 0.350 e. The zero-order chi connectivity index (χ0) is 21.0. The second-order valence-electron chi connectivity index (χ2n) is 6.83. The molecule has 2 aromatic heterocycles. The van der Waals surface area contributed by atoms with Crippen molar-refractivity contribution in [2.45, 2.75) is 13.5 Å². The molecule has 2 heterocycles. The lowest BCUT2D eigenvalue weighted by Crippen LogP contribution is -2.30.